The summed E-state index contributed by atoms with van der Waals surface area (Å²) in [5.74, 6) is 0.669. The summed E-state index contributed by atoms with van der Waals surface area (Å²) in [6, 6.07) is 2.09. The highest BCUT2D eigenvalue weighted by molar-refractivity contribution is 9.09. The molecule has 0 saturated carbocycles. The second-order valence-electron chi connectivity index (χ2n) is 2.73. The minimum absolute atomic E-state index is 0.669. The summed E-state index contributed by atoms with van der Waals surface area (Å²) in [7, 11) is 0. The maximum Gasteiger partial charge on any atom is 0.0409 e. The molecule has 1 aromatic rings. The van der Waals surface area contributed by atoms with Crippen LogP contribution in [-0.2, 0) is 6.42 Å². The van der Waals surface area contributed by atoms with E-state index in [2.05, 4.69) is 32.9 Å². The molecule has 0 aliphatic rings. The second-order valence-corrected chi connectivity index (χ2v) is 4.29. The zero-order valence-electron chi connectivity index (χ0n) is 6.87. The number of aromatic nitrogens is 1. The minimum atomic E-state index is 0.669. The van der Waals surface area contributed by atoms with Crippen LogP contribution in [0.25, 0.3) is 0 Å². The highest BCUT2D eigenvalue weighted by atomic mass is 79.9. The maximum atomic E-state index is 4.07. The third kappa shape index (κ3) is 3.07. The summed E-state index contributed by atoms with van der Waals surface area (Å²) in [5.41, 5.74) is 0. The first-order chi connectivity index (χ1) is 5.86. The lowest BCUT2D eigenvalue weighted by atomic mass is 10.0. The van der Waals surface area contributed by atoms with Crippen molar-refractivity contribution >= 4 is 27.5 Å². The average Bonchev–Trinajstić information content (AvgIpc) is 2.56. The fourth-order valence-corrected chi connectivity index (χ4v) is 2.25. The van der Waals surface area contributed by atoms with Gasteiger partial charge in [0, 0.05) is 16.4 Å². The van der Waals surface area contributed by atoms with Gasteiger partial charge in [-0.05, 0) is 36.4 Å². The van der Waals surface area contributed by atoms with Gasteiger partial charge in [0.1, 0.15) is 0 Å². The van der Waals surface area contributed by atoms with Gasteiger partial charge in [0.2, 0.25) is 0 Å². The maximum absolute atomic E-state index is 4.07. The molecule has 1 unspecified atom stereocenters. The molecule has 0 saturated heterocycles. The van der Waals surface area contributed by atoms with Crippen molar-refractivity contribution in [2.24, 2.45) is 5.92 Å². The summed E-state index contributed by atoms with van der Waals surface area (Å²) in [4.78, 5) is 1.36. The molecule has 3 heteroatoms. The summed E-state index contributed by atoms with van der Waals surface area (Å²) >= 11 is 5.09. The van der Waals surface area contributed by atoms with Gasteiger partial charge in [0.25, 0.3) is 0 Å². The fraction of sp³-hybridized carbons (Fsp3) is 0.444. The van der Waals surface area contributed by atoms with Crippen LogP contribution in [0.2, 0.25) is 0 Å². The van der Waals surface area contributed by atoms with Crippen LogP contribution in [0.1, 0.15) is 11.3 Å². The second kappa shape index (κ2) is 5.49. The van der Waals surface area contributed by atoms with Gasteiger partial charge in [-0.1, -0.05) is 22.0 Å². The lowest BCUT2D eigenvalue weighted by Gasteiger charge is -2.08. The van der Waals surface area contributed by atoms with E-state index in [-0.39, 0.29) is 0 Å². The Labute approximate surface area is 85.8 Å². The highest BCUT2D eigenvalue weighted by Gasteiger charge is 2.06. The molecular weight excluding hydrogens is 234 g/mol. The predicted octanol–water partition coefficient (Wildman–Crippen LogP) is 3.27. The number of allylic oxidation sites excluding steroid dienone is 1. The third-order valence-electron chi connectivity index (χ3n) is 1.70. The fourth-order valence-electron chi connectivity index (χ4n) is 1.07. The van der Waals surface area contributed by atoms with Gasteiger partial charge in [-0.2, -0.15) is 0 Å². The van der Waals surface area contributed by atoms with Crippen LogP contribution in [0.15, 0.2) is 24.9 Å². The first-order valence-electron chi connectivity index (χ1n) is 3.93. The Bertz CT molecular complexity index is 220. The van der Waals surface area contributed by atoms with Crippen molar-refractivity contribution < 1.29 is 0 Å². The van der Waals surface area contributed by atoms with Crippen molar-refractivity contribution in [1.29, 1.82) is 0 Å². The first kappa shape index (κ1) is 9.93. The molecule has 1 nitrogen and oxygen atoms in total. The van der Waals surface area contributed by atoms with Gasteiger partial charge < -0.3 is 0 Å². The van der Waals surface area contributed by atoms with Gasteiger partial charge in [0.05, 0.1) is 0 Å². The SMILES string of the molecule is C=CCC(CBr)Cc1ccns1. The molecule has 0 aromatic carbocycles. The van der Waals surface area contributed by atoms with Gasteiger partial charge in [-0.15, -0.1) is 6.58 Å². The van der Waals surface area contributed by atoms with Crippen LogP contribution in [0.5, 0.6) is 0 Å². The topological polar surface area (TPSA) is 12.9 Å². The normalized spacial score (nSPS) is 12.8. The van der Waals surface area contributed by atoms with Gasteiger partial charge >= 0.3 is 0 Å². The smallest absolute Gasteiger partial charge is 0.0409 e. The number of hydrogen-bond acceptors (Lipinski definition) is 2. The number of halogens is 1. The molecule has 0 bridgehead atoms. The average molecular weight is 246 g/mol. The molecule has 0 fully saturated rings. The Balaban J connectivity index is 2.42. The zero-order valence-corrected chi connectivity index (χ0v) is 9.27. The molecule has 0 aliphatic carbocycles. The van der Waals surface area contributed by atoms with Crippen LogP contribution < -0.4 is 0 Å². The molecule has 1 rings (SSSR count). The molecule has 1 atom stereocenters. The zero-order chi connectivity index (χ0) is 8.81. The first-order valence-corrected chi connectivity index (χ1v) is 5.82. The Morgan fingerprint density at radius 2 is 2.58 bits per heavy atom. The molecule has 1 heterocycles. The van der Waals surface area contributed by atoms with Crippen molar-refractivity contribution in [3.05, 3.63) is 29.8 Å². The molecular formula is C9H12BrNS. The number of alkyl halides is 1. The van der Waals surface area contributed by atoms with Gasteiger partial charge in [-0.25, -0.2) is 4.37 Å². The van der Waals surface area contributed by atoms with E-state index < -0.39 is 0 Å². The highest BCUT2D eigenvalue weighted by Crippen LogP contribution is 2.17. The largest absolute Gasteiger partial charge is 0.201 e. The van der Waals surface area contributed by atoms with Gasteiger partial charge in [-0.3, -0.25) is 0 Å². The monoisotopic (exact) mass is 245 g/mol. The van der Waals surface area contributed by atoms with E-state index in [4.69, 9.17) is 0 Å². The molecule has 0 amide bonds. The van der Waals surface area contributed by atoms with Crippen molar-refractivity contribution in [2.45, 2.75) is 12.8 Å². The van der Waals surface area contributed by atoms with E-state index in [0.717, 1.165) is 18.2 Å². The van der Waals surface area contributed by atoms with Crippen LogP contribution in [0.3, 0.4) is 0 Å². The number of nitrogens with zero attached hydrogens (tertiary/aromatic N) is 1. The van der Waals surface area contributed by atoms with Crippen molar-refractivity contribution in [2.75, 3.05) is 5.33 Å². The van der Waals surface area contributed by atoms with Crippen molar-refractivity contribution in [3.63, 3.8) is 0 Å². The van der Waals surface area contributed by atoms with E-state index in [9.17, 15) is 0 Å². The molecule has 0 spiro atoms. The van der Waals surface area contributed by atoms with E-state index >= 15 is 0 Å². The predicted molar refractivity (Wildman–Crippen MR) is 57.9 cm³/mol. The summed E-state index contributed by atoms with van der Waals surface area (Å²) in [6.45, 7) is 3.74. The van der Waals surface area contributed by atoms with Crippen LogP contribution in [0.4, 0.5) is 0 Å². The molecule has 0 N–H and O–H groups in total. The molecule has 12 heavy (non-hydrogen) atoms. The Morgan fingerprint density at radius 3 is 3.08 bits per heavy atom. The standard InChI is InChI=1S/C9H12BrNS/c1-2-3-8(7-10)6-9-4-5-11-12-9/h2,4-5,8H,1,3,6-7H2. The Hall–Kier alpha value is -0.150. The van der Waals surface area contributed by atoms with Crippen molar-refractivity contribution in [1.82, 2.24) is 4.37 Å². The number of hydrogen-bond donors (Lipinski definition) is 0. The number of rotatable bonds is 5. The summed E-state index contributed by atoms with van der Waals surface area (Å²) < 4.78 is 4.07. The molecule has 1 aromatic heterocycles. The van der Waals surface area contributed by atoms with E-state index in [0.29, 0.717) is 5.92 Å². The quantitative estimate of drug-likeness (QED) is 0.574. The van der Waals surface area contributed by atoms with Crippen LogP contribution in [-0.4, -0.2) is 9.70 Å². The third-order valence-corrected chi connectivity index (χ3v) is 3.38. The molecule has 66 valence electrons. The molecule has 0 aliphatic heterocycles. The lowest BCUT2D eigenvalue weighted by molar-refractivity contribution is 0.610. The summed E-state index contributed by atoms with van der Waals surface area (Å²) in [5, 5.41) is 1.04. The van der Waals surface area contributed by atoms with E-state index in [1.807, 2.05) is 12.3 Å². The van der Waals surface area contributed by atoms with E-state index in [1.165, 1.54) is 4.88 Å². The van der Waals surface area contributed by atoms with Crippen LogP contribution in [0, 0.1) is 5.92 Å². The van der Waals surface area contributed by atoms with Crippen LogP contribution >= 0.6 is 27.5 Å². The molecule has 0 radical (unpaired) electrons. The summed E-state index contributed by atoms with van der Waals surface area (Å²) in [6.07, 6.45) is 6.03. The van der Waals surface area contributed by atoms with E-state index in [1.54, 1.807) is 11.5 Å². The Kier molecular flexibility index (Phi) is 4.54. The van der Waals surface area contributed by atoms with Gasteiger partial charge in [0.15, 0.2) is 0 Å². The lowest BCUT2D eigenvalue weighted by Crippen LogP contribution is -2.03. The van der Waals surface area contributed by atoms with Crippen molar-refractivity contribution in [3.8, 4) is 0 Å². The minimum Gasteiger partial charge on any atom is -0.201 e. The Morgan fingerprint density at radius 1 is 1.75 bits per heavy atom.